The van der Waals surface area contributed by atoms with Crippen LogP contribution in [-0.2, 0) is 6.54 Å². The lowest BCUT2D eigenvalue weighted by atomic mass is 10.1. The van der Waals surface area contributed by atoms with Gasteiger partial charge in [-0.15, -0.1) is 0 Å². The average molecular weight is 342 g/mol. The normalized spacial score (nSPS) is 17.7. The number of hydrogen-bond donors (Lipinski definition) is 0. The Labute approximate surface area is 148 Å². The Morgan fingerprint density at radius 2 is 2.16 bits per heavy atom. The predicted molar refractivity (Wildman–Crippen MR) is 95.0 cm³/mol. The molecule has 0 saturated carbocycles. The molecule has 134 valence electrons. The second kappa shape index (κ2) is 7.31. The third-order valence-corrected chi connectivity index (χ3v) is 4.41. The van der Waals surface area contributed by atoms with E-state index in [-0.39, 0.29) is 18.0 Å². The zero-order valence-corrected chi connectivity index (χ0v) is 15.4. The summed E-state index contributed by atoms with van der Waals surface area (Å²) >= 11 is 0. The molecular formula is C18H26N6O. The zero-order chi connectivity index (χ0) is 18.0. The monoisotopic (exact) mass is 342 g/mol. The van der Waals surface area contributed by atoms with Crippen molar-refractivity contribution >= 4 is 5.91 Å². The number of likely N-dealkylation sites (tertiary alicyclic amines) is 1. The Morgan fingerprint density at radius 1 is 1.36 bits per heavy atom. The van der Waals surface area contributed by atoms with Gasteiger partial charge in [0.1, 0.15) is 5.69 Å². The van der Waals surface area contributed by atoms with E-state index in [9.17, 15) is 4.79 Å². The second-order valence-corrected chi connectivity index (χ2v) is 7.08. The molecule has 1 aliphatic heterocycles. The van der Waals surface area contributed by atoms with Crippen molar-refractivity contribution in [2.75, 3.05) is 20.6 Å². The minimum atomic E-state index is -0.0161. The van der Waals surface area contributed by atoms with Crippen molar-refractivity contribution < 1.29 is 4.79 Å². The molecule has 0 aromatic carbocycles. The zero-order valence-electron chi connectivity index (χ0n) is 15.4. The lowest BCUT2D eigenvalue weighted by Gasteiger charge is -2.25. The highest BCUT2D eigenvalue weighted by Gasteiger charge is 2.33. The molecule has 1 aliphatic rings. The summed E-state index contributed by atoms with van der Waals surface area (Å²) in [7, 11) is 4.01. The summed E-state index contributed by atoms with van der Waals surface area (Å²) in [4.78, 5) is 26.2. The van der Waals surface area contributed by atoms with Crippen LogP contribution in [-0.4, -0.2) is 56.1 Å². The molecule has 7 heteroatoms. The van der Waals surface area contributed by atoms with E-state index < -0.39 is 0 Å². The average Bonchev–Trinajstić information content (AvgIpc) is 3.23. The van der Waals surface area contributed by atoms with Gasteiger partial charge < -0.3 is 9.80 Å². The van der Waals surface area contributed by atoms with Gasteiger partial charge in [-0.2, -0.15) is 5.10 Å². The van der Waals surface area contributed by atoms with Gasteiger partial charge in [0.2, 0.25) is 0 Å². The number of hydrogen-bond acceptors (Lipinski definition) is 5. The van der Waals surface area contributed by atoms with Crippen LogP contribution in [0, 0.1) is 0 Å². The number of nitrogens with zero attached hydrogens (tertiary/aromatic N) is 6. The van der Waals surface area contributed by atoms with Gasteiger partial charge in [0, 0.05) is 31.5 Å². The van der Waals surface area contributed by atoms with E-state index in [0.29, 0.717) is 5.69 Å². The maximum atomic E-state index is 13.1. The van der Waals surface area contributed by atoms with Crippen molar-refractivity contribution in [3.8, 4) is 0 Å². The molecule has 0 spiro atoms. The van der Waals surface area contributed by atoms with Crippen LogP contribution < -0.4 is 0 Å². The van der Waals surface area contributed by atoms with E-state index in [4.69, 9.17) is 4.98 Å². The third kappa shape index (κ3) is 3.71. The molecule has 2 aromatic rings. The second-order valence-electron chi connectivity index (χ2n) is 7.08. The highest BCUT2D eigenvalue weighted by atomic mass is 16.2. The van der Waals surface area contributed by atoms with Gasteiger partial charge in [-0.05, 0) is 46.9 Å². The maximum Gasteiger partial charge on any atom is 0.272 e. The number of amides is 1. The molecular weight excluding hydrogens is 316 g/mol. The topological polar surface area (TPSA) is 67.2 Å². The lowest BCUT2D eigenvalue weighted by molar-refractivity contribution is 0.0717. The summed E-state index contributed by atoms with van der Waals surface area (Å²) < 4.78 is 1.78. The van der Waals surface area contributed by atoms with Crippen LogP contribution in [0.25, 0.3) is 0 Å². The molecule has 1 fully saturated rings. The maximum absolute atomic E-state index is 13.1. The largest absolute Gasteiger partial charge is 0.329 e. The van der Waals surface area contributed by atoms with Crippen LogP contribution in [0.2, 0.25) is 0 Å². The lowest BCUT2D eigenvalue weighted by Crippen LogP contribution is -2.33. The van der Waals surface area contributed by atoms with Gasteiger partial charge in [-0.25, -0.2) is 0 Å². The molecule has 1 amide bonds. The van der Waals surface area contributed by atoms with Crippen LogP contribution in [0.4, 0.5) is 0 Å². The van der Waals surface area contributed by atoms with E-state index in [1.54, 1.807) is 29.3 Å². The summed E-state index contributed by atoms with van der Waals surface area (Å²) in [5, 5.41) is 4.29. The third-order valence-electron chi connectivity index (χ3n) is 4.41. The van der Waals surface area contributed by atoms with Crippen molar-refractivity contribution in [2.45, 2.75) is 45.3 Å². The molecule has 2 aromatic heterocycles. The minimum Gasteiger partial charge on any atom is -0.329 e. The Kier molecular flexibility index (Phi) is 5.13. The smallest absolute Gasteiger partial charge is 0.272 e. The van der Waals surface area contributed by atoms with Crippen LogP contribution >= 0.6 is 0 Å². The minimum absolute atomic E-state index is 0.0161. The van der Waals surface area contributed by atoms with E-state index in [1.807, 2.05) is 32.8 Å². The highest BCUT2D eigenvalue weighted by molar-refractivity contribution is 5.93. The number of aromatic nitrogens is 4. The SMILES string of the molecule is CC(C)n1nccc1C(=O)N1CCCC1c1cncc(CN(C)C)n1. The quantitative estimate of drug-likeness (QED) is 0.834. The summed E-state index contributed by atoms with van der Waals surface area (Å²) in [6, 6.07) is 1.93. The molecule has 3 rings (SSSR count). The fourth-order valence-corrected chi connectivity index (χ4v) is 3.34. The molecule has 0 radical (unpaired) electrons. The first-order valence-electron chi connectivity index (χ1n) is 8.77. The molecule has 0 aliphatic carbocycles. The molecule has 1 atom stereocenters. The number of carbonyl (C=O) groups is 1. The van der Waals surface area contributed by atoms with E-state index in [0.717, 1.165) is 37.3 Å². The molecule has 25 heavy (non-hydrogen) atoms. The fourth-order valence-electron chi connectivity index (χ4n) is 3.34. The van der Waals surface area contributed by atoms with Crippen molar-refractivity contribution in [1.82, 2.24) is 29.5 Å². The Balaban J connectivity index is 1.85. The Morgan fingerprint density at radius 3 is 2.88 bits per heavy atom. The first kappa shape index (κ1) is 17.5. The van der Waals surface area contributed by atoms with E-state index in [2.05, 4.69) is 15.0 Å². The van der Waals surface area contributed by atoms with Crippen LogP contribution in [0.15, 0.2) is 24.7 Å². The van der Waals surface area contributed by atoms with Gasteiger partial charge in [-0.3, -0.25) is 19.4 Å². The Bertz CT molecular complexity index is 739. The number of carbonyl (C=O) groups excluding carboxylic acids is 1. The molecule has 0 bridgehead atoms. The summed E-state index contributed by atoms with van der Waals surface area (Å²) in [6.07, 6.45) is 7.16. The summed E-state index contributed by atoms with van der Waals surface area (Å²) in [6.45, 7) is 5.54. The first-order chi connectivity index (χ1) is 12.0. The van der Waals surface area contributed by atoms with Crippen molar-refractivity contribution in [3.05, 3.63) is 41.7 Å². The van der Waals surface area contributed by atoms with Crippen molar-refractivity contribution in [3.63, 3.8) is 0 Å². The van der Waals surface area contributed by atoms with Gasteiger partial charge in [0.15, 0.2) is 0 Å². The molecule has 0 N–H and O–H groups in total. The van der Waals surface area contributed by atoms with Gasteiger partial charge in [-0.1, -0.05) is 0 Å². The number of rotatable bonds is 5. The van der Waals surface area contributed by atoms with E-state index in [1.165, 1.54) is 0 Å². The molecule has 1 unspecified atom stereocenters. The summed E-state index contributed by atoms with van der Waals surface area (Å²) in [5.74, 6) is 0.0218. The van der Waals surface area contributed by atoms with Crippen LogP contribution in [0.3, 0.4) is 0 Å². The van der Waals surface area contributed by atoms with Gasteiger partial charge >= 0.3 is 0 Å². The van der Waals surface area contributed by atoms with Crippen molar-refractivity contribution in [1.29, 1.82) is 0 Å². The van der Waals surface area contributed by atoms with Gasteiger partial charge in [0.25, 0.3) is 5.91 Å². The van der Waals surface area contributed by atoms with Gasteiger partial charge in [0.05, 0.1) is 23.6 Å². The molecule has 1 saturated heterocycles. The predicted octanol–water partition coefficient (Wildman–Crippen LogP) is 2.29. The standard InChI is InChI=1S/C18H26N6O/c1-13(2)24-17(7-8-20-24)18(25)23-9-5-6-16(23)15-11-19-10-14(21-15)12-22(3)4/h7-8,10-11,13,16H,5-6,9,12H2,1-4H3. The first-order valence-corrected chi connectivity index (χ1v) is 8.77. The van der Waals surface area contributed by atoms with E-state index >= 15 is 0 Å². The highest BCUT2D eigenvalue weighted by Crippen LogP contribution is 2.32. The fraction of sp³-hybridized carbons (Fsp3) is 0.556. The van der Waals surface area contributed by atoms with Crippen LogP contribution in [0.1, 0.15) is 60.6 Å². The Hall–Kier alpha value is -2.28. The molecule has 3 heterocycles. The summed E-state index contributed by atoms with van der Waals surface area (Å²) in [5.41, 5.74) is 2.44. The van der Waals surface area contributed by atoms with Crippen molar-refractivity contribution in [2.24, 2.45) is 0 Å². The van der Waals surface area contributed by atoms with Crippen LogP contribution in [0.5, 0.6) is 0 Å². The molecule has 7 nitrogen and oxygen atoms in total.